The standard InChI is InChI=1S/C15H22N4/c1-3-6-14-18-9-10-19(14)15(13(16)4-2)12-7-5-8-17-11-12/h5,7-11,13,15H,3-4,6,16H2,1-2H3. The highest BCUT2D eigenvalue weighted by Gasteiger charge is 2.22. The van der Waals surface area contributed by atoms with Crippen molar-refractivity contribution in [2.24, 2.45) is 5.73 Å². The Morgan fingerprint density at radius 3 is 2.79 bits per heavy atom. The minimum absolute atomic E-state index is 0.0639. The van der Waals surface area contributed by atoms with Crippen LogP contribution in [0.5, 0.6) is 0 Å². The summed E-state index contributed by atoms with van der Waals surface area (Å²) < 4.78 is 2.20. The Labute approximate surface area is 114 Å². The molecular formula is C15H22N4. The third-order valence-electron chi connectivity index (χ3n) is 3.43. The molecule has 2 aromatic heterocycles. The van der Waals surface area contributed by atoms with Gasteiger partial charge in [0.1, 0.15) is 5.82 Å². The highest BCUT2D eigenvalue weighted by atomic mass is 15.1. The minimum atomic E-state index is 0.0639. The third kappa shape index (κ3) is 3.01. The molecule has 102 valence electrons. The van der Waals surface area contributed by atoms with Crippen LogP contribution < -0.4 is 5.73 Å². The molecule has 0 spiro atoms. The first kappa shape index (κ1) is 13.7. The van der Waals surface area contributed by atoms with E-state index < -0.39 is 0 Å². The molecule has 0 aliphatic carbocycles. The van der Waals surface area contributed by atoms with E-state index in [0.29, 0.717) is 0 Å². The first-order chi connectivity index (χ1) is 9.27. The van der Waals surface area contributed by atoms with Crippen molar-refractivity contribution >= 4 is 0 Å². The van der Waals surface area contributed by atoms with Crippen LogP contribution in [-0.2, 0) is 6.42 Å². The predicted molar refractivity (Wildman–Crippen MR) is 76.9 cm³/mol. The average Bonchev–Trinajstić information content (AvgIpc) is 2.89. The Hall–Kier alpha value is -1.68. The second kappa shape index (κ2) is 6.48. The highest BCUT2D eigenvalue weighted by Crippen LogP contribution is 2.24. The van der Waals surface area contributed by atoms with Gasteiger partial charge >= 0.3 is 0 Å². The van der Waals surface area contributed by atoms with E-state index in [0.717, 1.165) is 30.7 Å². The molecule has 0 bridgehead atoms. The third-order valence-corrected chi connectivity index (χ3v) is 3.43. The molecule has 2 rings (SSSR count). The topological polar surface area (TPSA) is 56.7 Å². The molecule has 2 N–H and O–H groups in total. The molecule has 0 saturated carbocycles. The molecule has 2 heterocycles. The molecule has 4 heteroatoms. The maximum absolute atomic E-state index is 6.33. The van der Waals surface area contributed by atoms with Gasteiger partial charge in [-0.05, 0) is 24.5 Å². The first-order valence-corrected chi connectivity index (χ1v) is 6.95. The second-order valence-corrected chi connectivity index (χ2v) is 4.80. The van der Waals surface area contributed by atoms with Crippen molar-refractivity contribution in [3.63, 3.8) is 0 Å². The van der Waals surface area contributed by atoms with Gasteiger partial charge in [0.25, 0.3) is 0 Å². The number of hydrogen-bond donors (Lipinski definition) is 1. The average molecular weight is 258 g/mol. The monoisotopic (exact) mass is 258 g/mol. The SMILES string of the molecule is CCCc1nccn1C(c1cccnc1)C(N)CC. The molecule has 0 fully saturated rings. The Kier molecular flexibility index (Phi) is 4.68. The quantitative estimate of drug-likeness (QED) is 0.866. The number of aromatic nitrogens is 3. The lowest BCUT2D eigenvalue weighted by Crippen LogP contribution is -2.33. The van der Waals surface area contributed by atoms with Gasteiger partial charge in [-0.15, -0.1) is 0 Å². The van der Waals surface area contributed by atoms with Crippen LogP contribution in [0.25, 0.3) is 0 Å². The van der Waals surface area contributed by atoms with Crippen LogP contribution in [-0.4, -0.2) is 20.6 Å². The van der Waals surface area contributed by atoms with Gasteiger partial charge in [-0.1, -0.05) is 19.9 Å². The molecule has 2 atom stereocenters. The summed E-state index contributed by atoms with van der Waals surface area (Å²) >= 11 is 0. The van der Waals surface area contributed by atoms with Crippen LogP contribution in [0.1, 0.15) is 44.1 Å². The summed E-state index contributed by atoms with van der Waals surface area (Å²) in [6.07, 6.45) is 10.5. The van der Waals surface area contributed by atoms with E-state index in [1.807, 2.05) is 24.7 Å². The Bertz CT molecular complexity index is 492. The first-order valence-electron chi connectivity index (χ1n) is 6.95. The van der Waals surface area contributed by atoms with Gasteiger partial charge in [0.15, 0.2) is 0 Å². The molecule has 0 aromatic carbocycles. The number of hydrogen-bond acceptors (Lipinski definition) is 3. The van der Waals surface area contributed by atoms with E-state index in [2.05, 4.69) is 34.4 Å². The number of imidazole rings is 1. The van der Waals surface area contributed by atoms with E-state index in [1.54, 1.807) is 6.20 Å². The van der Waals surface area contributed by atoms with E-state index in [1.165, 1.54) is 0 Å². The van der Waals surface area contributed by atoms with E-state index in [-0.39, 0.29) is 12.1 Å². The zero-order valence-corrected chi connectivity index (χ0v) is 11.7. The Morgan fingerprint density at radius 1 is 1.32 bits per heavy atom. The molecule has 0 saturated heterocycles. The fraction of sp³-hybridized carbons (Fsp3) is 0.467. The lowest BCUT2D eigenvalue weighted by Gasteiger charge is -2.26. The summed E-state index contributed by atoms with van der Waals surface area (Å²) in [6.45, 7) is 4.28. The van der Waals surface area contributed by atoms with Gasteiger partial charge in [0.05, 0.1) is 6.04 Å². The van der Waals surface area contributed by atoms with Crippen molar-refractivity contribution in [2.75, 3.05) is 0 Å². The van der Waals surface area contributed by atoms with Crippen molar-refractivity contribution in [3.8, 4) is 0 Å². The van der Waals surface area contributed by atoms with Gasteiger partial charge in [-0.25, -0.2) is 4.98 Å². The number of rotatable bonds is 6. The smallest absolute Gasteiger partial charge is 0.109 e. The van der Waals surface area contributed by atoms with Crippen molar-refractivity contribution in [3.05, 3.63) is 48.3 Å². The molecule has 0 aliphatic rings. The van der Waals surface area contributed by atoms with Crippen LogP contribution in [0.2, 0.25) is 0 Å². The summed E-state index contributed by atoms with van der Waals surface area (Å²) in [5, 5.41) is 0. The fourth-order valence-electron chi connectivity index (χ4n) is 2.40. The number of nitrogens with two attached hydrogens (primary N) is 1. The Morgan fingerprint density at radius 2 is 2.16 bits per heavy atom. The van der Waals surface area contributed by atoms with Crippen molar-refractivity contribution in [1.82, 2.24) is 14.5 Å². The summed E-state index contributed by atoms with van der Waals surface area (Å²) in [6, 6.07) is 4.22. The van der Waals surface area contributed by atoms with Gasteiger partial charge in [-0.2, -0.15) is 0 Å². The van der Waals surface area contributed by atoms with Gasteiger partial charge < -0.3 is 10.3 Å². The van der Waals surface area contributed by atoms with Gasteiger partial charge in [0.2, 0.25) is 0 Å². The molecule has 0 radical (unpaired) electrons. The minimum Gasteiger partial charge on any atom is -0.326 e. The lowest BCUT2D eigenvalue weighted by molar-refractivity contribution is 0.444. The maximum atomic E-state index is 6.33. The van der Waals surface area contributed by atoms with Gasteiger partial charge in [-0.3, -0.25) is 4.98 Å². The largest absolute Gasteiger partial charge is 0.326 e. The molecule has 19 heavy (non-hydrogen) atoms. The molecule has 4 nitrogen and oxygen atoms in total. The van der Waals surface area contributed by atoms with E-state index in [9.17, 15) is 0 Å². The van der Waals surface area contributed by atoms with Crippen LogP contribution in [0.3, 0.4) is 0 Å². The summed E-state index contributed by atoms with van der Waals surface area (Å²) in [4.78, 5) is 8.67. The molecule has 2 unspecified atom stereocenters. The second-order valence-electron chi connectivity index (χ2n) is 4.80. The molecule has 0 amide bonds. The van der Waals surface area contributed by atoms with Gasteiger partial charge in [0, 0.05) is 37.3 Å². The molecule has 0 aliphatic heterocycles. The summed E-state index contributed by atoms with van der Waals surface area (Å²) in [5.41, 5.74) is 7.47. The lowest BCUT2D eigenvalue weighted by atomic mass is 9.99. The zero-order chi connectivity index (χ0) is 13.7. The summed E-state index contributed by atoms with van der Waals surface area (Å²) in [5.74, 6) is 1.10. The maximum Gasteiger partial charge on any atom is 0.109 e. The Balaban J connectivity index is 2.40. The molecule has 2 aromatic rings. The number of nitrogens with zero attached hydrogens (tertiary/aromatic N) is 3. The number of aryl methyl sites for hydroxylation is 1. The van der Waals surface area contributed by atoms with Crippen molar-refractivity contribution in [2.45, 2.75) is 45.2 Å². The molecular weight excluding hydrogens is 236 g/mol. The van der Waals surface area contributed by atoms with E-state index in [4.69, 9.17) is 5.73 Å². The highest BCUT2D eigenvalue weighted by molar-refractivity contribution is 5.19. The number of pyridine rings is 1. The van der Waals surface area contributed by atoms with E-state index >= 15 is 0 Å². The summed E-state index contributed by atoms with van der Waals surface area (Å²) in [7, 11) is 0. The predicted octanol–water partition coefficient (Wildman–Crippen LogP) is 2.56. The van der Waals surface area contributed by atoms with Crippen LogP contribution >= 0.6 is 0 Å². The normalized spacial score (nSPS) is 14.3. The zero-order valence-electron chi connectivity index (χ0n) is 11.7. The van der Waals surface area contributed by atoms with Crippen molar-refractivity contribution < 1.29 is 0 Å². The van der Waals surface area contributed by atoms with Crippen LogP contribution in [0, 0.1) is 0 Å². The van der Waals surface area contributed by atoms with Crippen LogP contribution in [0.4, 0.5) is 0 Å². The van der Waals surface area contributed by atoms with Crippen LogP contribution in [0.15, 0.2) is 36.9 Å². The van der Waals surface area contributed by atoms with Crippen molar-refractivity contribution in [1.29, 1.82) is 0 Å². The fourth-order valence-corrected chi connectivity index (χ4v) is 2.40.